The maximum atomic E-state index is 12.4. The Kier molecular flexibility index (Phi) is 53.2. The van der Waals surface area contributed by atoms with Gasteiger partial charge in [-0.2, -0.15) is 0 Å². The zero-order chi connectivity index (χ0) is 44.2. The van der Waals surface area contributed by atoms with E-state index in [1.165, 1.54) is 289 Å². The number of carbonyl (C=O) groups is 1. The van der Waals surface area contributed by atoms with Crippen molar-refractivity contribution in [3.05, 3.63) is 0 Å². The molecule has 2 atom stereocenters. The van der Waals surface area contributed by atoms with E-state index >= 15 is 0 Å². The Morgan fingerprint density at radius 1 is 0.328 bits per heavy atom. The van der Waals surface area contributed by atoms with Crippen LogP contribution < -0.4 is 5.32 Å². The molecule has 366 valence electrons. The van der Waals surface area contributed by atoms with E-state index in [0.29, 0.717) is 12.8 Å². The predicted octanol–water partition coefficient (Wildman–Crippen LogP) is 18.8. The minimum absolute atomic E-state index is 0.0246. The summed E-state index contributed by atoms with van der Waals surface area (Å²) in [5, 5.41) is 23.2. The predicted molar refractivity (Wildman–Crippen MR) is 272 cm³/mol. The summed E-state index contributed by atoms with van der Waals surface area (Å²) < 4.78 is 0. The molecular formula is C57H115NO3. The molecule has 0 bridgehead atoms. The zero-order valence-electron chi connectivity index (χ0n) is 42.2. The lowest BCUT2D eigenvalue weighted by molar-refractivity contribution is -0.123. The van der Waals surface area contributed by atoms with Crippen molar-refractivity contribution in [1.82, 2.24) is 5.32 Å². The van der Waals surface area contributed by atoms with Gasteiger partial charge < -0.3 is 15.5 Å². The number of hydrogen-bond donors (Lipinski definition) is 3. The van der Waals surface area contributed by atoms with E-state index < -0.39 is 12.1 Å². The number of hydrogen-bond acceptors (Lipinski definition) is 3. The molecule has 0 fully saturated rings. The lowest BCUT2D eigenvalue weighted by Gasteiger charge is -2.22. The zero-order valence-corrected chi connectivity index (χ0v) is 42.2. The molecule has 0 heterocycles. The first kappa shape index (κ1) is 60.4. The fraction of sp³-hybridized carbons (Fsp3) is 0.982. The monoisotopic (exact) mass is 862 g/mol. The number of carbonyl (C=O) groups excluding carboxylic acids is 1. The summed E-state index contributed by atoms with van der Waals surface area (Å²) in [7, 11) is 0. The van der Waals surface area contributed by atoms with Crippen molar-refractivity contribution >= 4 is 5.91 Å². The highest BCUT2D eigenvalue weighted by Crippen LogP contribution is 2.19. The van der Waals surface area contributed by atoms with Crippen molar-refractivity contribution in [2.45, 2.75) is 353 Å². The lowest BCUT2D eigenvalue weighted by atomic mass is 10.0. The van der Waals surface area contributed by atoms with Gasteiger partial charge in [-0.05, 0) is 12.8 Å². The average molecular weight is 863 g/mol. The van der Waals surface area contributed by atoms with Crippen molar-refractivity contribution in [1.29, 1.82) is 0 Å². The molecule has 0 saturated heterocycles. The third-order valence-corrected chi connectivity index (χ3v) is 13.9. The van der Waals surface area contributed by atoms with Crippen LogP contribution in [-0.4, -0.2) is 34.9 Å². The van der Waals surface area contributed by atoms with E-state index in [1.807, 2.05) is 0 Å². The Balaban J connectivity index is 3.29. The van der Waals surface area contributed by atoms with Crippen LogP contribution >= 0.6 is 0 Å². The third-order valence-electron chi connectivity index (χ3n) is 13.9. The molecule has 1 amide bonds. The van der Waals surface area contributed by atoms with Crippen molar-refractivity contribution in [3.8, 4) is 0 Å². The van der Waals surface area contributed by atoms with Gasteiger partial charge in [-0.3, -0.25) is 4.79 Å². The van der Waals surface area contributed by atoms with Crippen LogP contribution in [0.3, 0.4) is 0 Å². The molecule has 2 unspecified atom stereocenters. The van der Waals surface area contributed by atoms with Crippen LogP contribution in [0.15, 0.2) is 0 Å². The summed E-state index contributed by atoms with van der Waals surface area (Å²) in [6, 6.07) is -0.529. The highest BCUT2D eigenvalue weighted by atomic mass is 16.3. The van der Waals surface area contributed by atoms with E-state index in [9.17, 15) is 15.0 Å². The Labute approximate surface area is 384 Å². The smallest absolute Gasteiger partial charge is 0.220 e. The average Bonchev–Trinajstić information content (AvgIpc) is 3.26. The molecule has 0 aromatic rings. The lowest BCUT2D eigenvalue weighted by Crippen LogP contribution is -2.45. The fourth-order valence-electron chi connectivity index (χ4n) is 9.48. The molecule has 0 aromatic heterocycles. The number of aliphatic hydroxyl groups is 2. The van der Waals surface area contributed by atoms with Gasteiger partial charge in [0, 0.05) is 6.42 Å². The quantitative estimate of drug-likeness (QED) is 0.0534. The van der Waals surface area contributed by atoms with Crippen LogP contribution in [0.5, 0.6) is 0 Å². The normalized spacial score (nSPS) is 12.7. The second kappa shape index (κ2) is 53.7. The first-order valence-electron chi connectivity index (χ1n) is 28.7. The Bertz CT molecular complexity index is 803. The molecule has 0 aliphatic heterocycles. The van der Waals surface area contributed by atoms with Crippen molar-refractivity contribution < 1.29 is 15.0 Å². The summed E-state index contributed by atoms with van der Waals surface area (Å²) in [6.45, 7) is 4.38. The van der Waals surface area contributed by atoms with Crippen LogP contribution in [0.4, 0.5) is 0 Å². The summed E-state index contributed by atoms with van der Waals surface area (Å²) in [4.78, 5) is 12.4. The van der Waals surface area contributed by atoms with Crippen LogP contribution in [-0.2, 0) is 4.79 Å². The first-order valence-corrected chi connectivity index (χ1v) is 28.7. The van der Waals surface area contributed by atoms with Gasteiger partial charge in [0.05, 0.1) is 18.8 Å². The van der Waals surface area contributed by atoms with Crippen molar-refractivity contribution in [2.75, 3.05) is 6.61 Å². The molecule has 0 aliphatic carbocycles. The van der Waals surface area contributed by atoms with E-state index in [1.54, 1.807) is 0 Å². The highest BCUT2D eigenvalue weighted by Gasteiger charge is 2.20. The summed E-state index contributed by atoms with van der Waals surface area (Å²) in [6.07, 6.45) is 68.4. The minimum Gasteiger partial charge on any atom is -0.394 e. The second-order valence-corrected chi connectivity index (χ2v) is 20.1. The van der Waals surface area contributed by atoms with Gasteiger partial charge in [0.15, 0.2) is 0 Å². The number of amides is 1. The van der Waals surface area contributed by atoms with E-state index in [-0.39, 0.29) is 12.5 Å². The molecule has 0 aliphatic rings. The van der Waals surface area contributed by atoms with Gasteiger partial charge in [-0.15, -0.1) is 0 Å². The minimum atomic E-state index is -0.653. The molecule has 0 saturated carbocycles. The topological polar surface area (TPSA) is 69.6 Å². The number of nitrogens with one attached hydrogen (secondary N) is 1. The molecule has 4 nitrogen and oxygen atoms in total. The second-order valence-electron chi connectivity index (χ2n) is 20.1. The number of unbranched alkanes of at least 4 members (excludes halogenated alkanes) is 47. The Morgan fingerprint density at radius 2 is 0.525 bits per heavy atom. The highest BCUT2D eigenvalue weighted by molar-refractivity contribution is 5.76. The van der Waals surface area contributed by atoms with Crippen LogP contribution in [0.2, 0.25) is 0 Å². The summed E-state index contributed by atoms with van der Waals surface area (Å²) >= 11 is 0. The molecule has 0 radical (unpaired) electrons. The van der Waals surface area contributed by atoms with Gasteiger partial charge >= 0.3 is 0 Å². The maximum Gasteiger partial charge on any atom is 0.220 e. The largest absolute Gasteiger partial charge is 0.394 e. The van der Waals surface area contributed by atoms with Gasteiger partial charge in [-0.25, -0.2) is 0 Å². The molecule has 61 heavy (non-hydrogen) atoms. The molecule has 4 heteroatoms. The maximum absolute atomic E-state index is 12.4. The van der Waals surface area contributed by atoms with Gasteiger partial charge in [0.1, 0.15) is 0 Å². The van der Waals surface area contributed by atoms with Crippen LogP contribution in [0.1, 0.15) is 341 Å². The SMILES string of the molecule is CCCCCCCCCCCCCCCCCCCCCCCCCCCCCCCCCCCCCCCCC(=O)NC(CO)C(O)CCCCCCCCCCCCC. The molecule has 0 rings (SSSR count). The van der Waals surface area contributed by atoms with Crippen LogP contribution in [0.25, 0.3) is 0 Å². The first-order chi connectivity index (χ1) is 30.2. The molecule has 0 aromatic carbocycles. The van der Waals surface area contributed by atoms with Crippen molar-refractivity contribution in [2.24, 2.45) is 0 Å². The van der Waals surface area contributed by atoms with E-state index in [2.05, 4.69) is 19.2 Å². The van der Waals surface area contributed by atoms with E-state index in [4.69, 9.17) is 0 Å². The number of aliphatic hydroxyl groups excluding tert-OH is 2. The molecule has 0 spiro atoms. The van der Waals surface area contributed by atoms with Crippen molar-refractivity contribution in [3.63, 3.8) is 0 Å². The van der Waals surface area contributed by atoms with Gasteiger partial charge in [0.25, 0.3) is 0 Å². The summed E-state index contributed by atoms with van der Waals surface area (Å²) in [5.41, 5.74) is 0. The molecule has 3 N–H and O–H groups in total. The van der Waals surface area contributed by atoms with Crippen LogP contribution in [0, 0.1) is 0 Å². The van der Waals surface area contributed by atoms with Gasteiger partial charge in [-0.1, -0.05) is 322 Å². The molecular weight excluding hydrogens is 747 g/mol. The van der Waals surface area contributed by atoms with E-state index in [0.717, 1.165) is 25.7 Å². The van der Waals surface area contributed by atoms with Gasteiger partial charge in [0.2, 0.25) is 5.91 Å². The third kappa shape index (κ3) is 50.3. The Morgan fingerprint density at radius 3 is 0.738 bits per heavy atom. The standard InChI is InChI=1S/C57H115NO3/c1-3-5-7-9-11-13-15-16-17-18-19-20-21-22-23-24-25-26-27-28-29-30-31-32-33-34-35-36-37-38-39-40-41-43-45-47-49-51-53-57(61)58-55(54-59)56(60)52-50-48-46-44-42-14-12-10-8-6-4-2/h55-56,59-60H,3-54H2,1-2H3,(H,58,61). The Hall–Kier alpha value is -0.610. The number of rotatable bonds is 54. The fourth-order valence-corrected chi connectivity index (χ4v) is 9.48. The summed E-state index contributed by atoms with van der Waals surface area (Å²) in [5.74, 6) is -0.0246.